The standard InChI is InChI=1S/C13H11ClN2O2S/c14-12-13(16-5-4-15-12)19-9-2-3-10-11(8-9)18-7-1-6-17-10/h2-5,8H,1,6-7H2. The van der Waals surface area contributed by atoms with Crippen molar-refractivity contribution in [1.29, 1.82) is 0 Å². The molecular formula is C13H11ClN2O2S. The molecule has 2 aromatic rings. The Hall–Kier alpha value is -1.46. The van der Waals surface area contributed by atoms with Gasteiger partial charge < -0.3 is 9.47 Å². The molecule has 0 amide bonds. The zero-order valence-corrected chi connectivity index (χ0v) is 11.6. The summed E-state index contributed by atoms with van der Waals surface area (Å²) in [6, 6.07) is 5.81. The smallest absolute Gasteiger partial charge is 0.162 e. The van der Waals surface area contributed by atoms with E-state index < -0.39 is 0 Å². The zero-order valence-electron chi connectivity index (χ0n) is 10.0. The lowest BCUT2D eigenvalue weighted by Gasteiger charge is -2.09. The Morgan fingerprint density at radius 2 is 1.84 bits per heavy atom. The van der Waals surface area contributed by atoms with Gasteiger partial charge in [-0.2, -0.15) is 0 Å². The van der Waals surface area contributed by atoms with Crippen LogP contribution in [0.2, 0.25) is 5.15 Å². The Morgan fingerprint density at radius 3 is 2.68 bits per heavy atom. The summed E-state index contributed by atoms with van der Waals surface area (Å²) in [6.07, 6.45) is 4.09. The van der Waals surface area contributed by atoms with Crippen molar-refractivity contribution in [2.45, 2.75) is 16.3 Å². The molecule has 0 unspecified atom stereocenters. The van der Waals surface area contributed by atoms with E-state index in [0.29, 0.717) is 23.4 Å². The van der Waals surface area contributed by atoms with E-state index in [1.54, 1.807) is 12.4 Å². The molecular weight excluding hydrogens is 284 g/mol. The minimum absolute atomic E-state index is 0.402. The third-order valence-electron chi connectivity index (χ3n) is 2.56. The molecule has 1 aromatic carbocycles. The second kappa shape index (κ2) is 5.67. The van der Waals surface area contributed by atoms with Gasteiger partial charge in [0.1, 0.15) is 5.03 Å². The first-order valence-corrected chi connectivity index (χ1v) is 7.06. The van der Waals surface area contributed by atoms with Gasteiger partial charge in [0, 0.05) is 23.7 Å². The maximum Gasteiger partial charge on any atom is 0.162 e. The highest BCUT2D eigenvalue weighted by Crippen LogP contribution is 2.37. The number of halogens is 1. The summed E-state index contributed by atoms with van der Waals surface area (Å²) in [4.78, 5) is 9.20. The molecule has 1 aromatic heterocycles. The van der Waals surface area contributed by atoms with Crippen LogP contribution >= 0.6 is 23.4 Å². The maximum absolute atomic E-state index is 5.99. The molecule has 1 aliphatic heterocycles. The van der Waals surface area contributed by atoms with E-state index in [0.717, 1.165) is 22.8 Å². The first-order valence-electron chi connectivity index (χ1n) is 5.87. The molecule has 0 aliphatic carbocycles. The van der Waals surface area contributed by atoms with Crippen LogP contribution in [0.25, 0.3) is 0 Å². The maximum atomic E-state index is 5.99. The average molecular weight is 295 g/mol. The number of aromatic nitrogens is 2. The van der Waals surface area contributed by atoms with Crippen LogP contribution in [0.5, 0.6) is 11.5 Å². The molecule has 0 spiro atoms. The summed E-state index contributed by atoms with van der Waals surface area (Å²) in [5.41, 5.74) is 0. The van der Waals surface area contributed by atoms with Gasteiger partial charge in [-0.3, -0.25) is 0 Å². The van der Waals surface area contributed by atoms with Gasteiger partial charge in [-0.15, -0.1) is 0 Å². The van der Waals surface area contributed by atoms with E-state index in [2.05, 4.69) is 9.97 Å². The topological polar surface area (TPSA) is 44.2 Å². The third kappa shape index (κ3) is 2.93. The number of benzene rings is 1. The van der Waals surface area contributed by atoms with Crippen LogP contribution in [-0.2, 0) is 0 Å². The van der Waals surface area contributed by atoms with Crippen LogP contribution in [-0.4, -0.2) is 23.2 Å². The minimum Gasteiger partial charge on any atom is -0.490 e. The van der Waals surface area contributed by atoms with Gasteiger partial charge in [0.25, 0.3) is 0 Å². The number of nitrogens with zero attached hydrogens (tertiary/aromatic N) is 2. The van der Waals surface area contributed by atoms with Crippen molar-refractivity contribution in [2.24, 2.45) is 0 Å². The van der Waals surface area contributed by atoms with Gasteiger partial charge in [-0.1, -0.05) is 23.4 Å². The number of hydrogen-bond acceptors (Lipinski definition) is 5. The van der Waals surface area contributed by atoms with Gasteiger partial charge in [0.2, 0.25) is 0 Å². The lowest BCUT2D eigenvalue weighted by atomic mass is 10.3. The van der Waals surface area contributed by atoms with E-state index in [1.165, 1.54) is 11.8 Å². The number of ether oxygens (including phenoxy) is 2. The summed E-state index contributed by atoms with van der Waals surface area (Å²) in [5, 5.41) is 1.08. The molecule has 0 radical (unpaired) electrons. The molecule has 4 nitrogen and oxygen atoms in total. The molecule has 1 aliphatic rings. The highest BCUT2D eigenvalue weighted by Gasteiger charge is 2.12. The Balaban J connectivity index is 1.86. The van der Waals surface area contributed by atoms with Gasteiger partial charge in [0.05, 0.1) is 13.2 Å². The Morgan fingerprint density at radius 1 is 1.05 bits per heavy atom. The third-order valence-corrected chi connectivity index (χ3v) is 3.93. The highest BCUT2D eigenvalue weighted by atomic mass is 35.5. The van der Waals surface area contributed by atoms with Crippen molar-refractivity contribution < 1.29 is 9.47 Å². The van der Waals surface area contributed by atoms with Crippen molar-refractivity contribution in [3.05, 3.63) is 35.7 Å². The fourth-order valence-electron chi connectivity index (χ4n) is 1.70. The zero-order chi connectivity index (χ0) is 13.1. The number of fused-ring (bicyclic) bond motifs is 1. The largest absolute Gasteiger partial charge is 0.490 e. The summed E-state index contributed by atoms with van der Waals surface area (Å²) >= 11 is 7.45. The molecule has 0 saturated carbocycles. The van der Waals surface area contributed by atoms with Crippen LogP contribution in [0, 0.1) is 0 Å². The van der Waals surface area contributed by atoms with Gasteiger partial charge in [-0.25, -0.2) is 9.97 Å². The van der Waals surface area contributed by atoms with Crippen LogP contribution in [0.1, 0.15) is 6.42 Å². The van der Waals surface area contributed by atoms with Crippen molar-refractivity contribution in [3.8, 4) is 11.5 Å². The quantitative estimate of drug-likeness (QED) is 0.849. The minimum atomic E-state index is 0.402. The van der Waals surface area contributed by atoms with Gasteiger partial charge >= 0.3 is 0 Å². The summed E-state index contributed by atoms with van der Waals surface area (Å²) in [5.74, 6) is 1.55. The molecule has 0 atom stereocenters. The fourth-order valence-corrected chi connectivity index (χ4v) is 2.69. The van der Waals surface area contributed by atoms with Crippen molar-refractivity contribution in [3.63, 3.8) is 0 Å². The van der Waals surface area contributed by atoms with E-state index in [1.807, 2.05) is 18.2 Å². The first-order chi connectivity index (χ1) is 9.33. The first kappa shape index (κ1) is 12.6. The molecule has 98 valence electrons. The molecule has 0 bridgehead atoms. The second-order valence-electron chi connectivity index (χ2n) is 3.91. The summed E-state index contributed by atoms with van der Waals surface area (Å²) in [6.45, 7) is 1.36. The average Bonchev–Trinajstić information content (AvgIpc) is 2.66. The van der Waals surface area contributed by atoms with Gasteiger partial charge in [0.15, 0.2) is 16.7 Å². The predicted molar refractivity (Wildman–Crippen MR) is 73.2 cm³/mol. The van der Waals surface area contributed by atoms with E-state index >= 15 is 0 Å². The lowest BCUT2D eigenvalue weighted by Crippen LogP contribution is -1.97. The van der Waals surface area contributed by atoms with Gasteiger partial charge in [-0.05, 0) is 18.2 Å². The Labute approximate surface area is 120 Å². The van der Waals surface area contributed by atoms with Crippen LogP contribution in [0.15, 0.2) is 40.5 Å². The van der Waals surface area contributed by atoms with E-state index in [9.17, 15) is 0 Å². The van der Waals surface area contributed by atoms with Crippen LogP contribution in [0.3, 0.4) is 0 Å². The lowest BCUT2D eigenvalue weighted by molar-refractivity contribution is 0.297. The SMILES string of the molecule is Clc1nccnc1Sc1ccc2c(c1)OCCCO2. The molecule has 0 saturated heterocycles. The van der Waals surface area contributed by atoms with Crippen molar-refractivity contribution in [2.75, 3.05) is 13.2 Å². The van der Waals surface area contributed by atoms with Crippen molar-refractivity contribution in [1.82, 2.24) is 9.97 Å². The molecule has 6 heteroatoms. The van der Waals surface area contributed by atoms with Crippen molar-refractivity contribution >= 4 is 23.4 Å². The van der Waals surface area contributed by atoms with Crippen LogP contribution in [0.4, 0.5) is 0 Å². The molecule has 0 fully saturated rings. The summed E-state index contributed by atoms with van der Waals surface area (Å²) in [7, 11) is 0. The number of hydrogen-bond donors (Lipinski definition) is 0. The molecule has 2 heterocycles. The monoisotopic (exact) mass is 294 g/mol. The molecule has 19 heavy (non-hydrogen) atoms. The Bertz CT molecular complexity index is 595. The predicted octanol–water partition coefficient (Wildman–Crippen LogP) is 3.44. The molecule has 3 rings (SSSR count). The van der Waals surface area contributed by atoms with E-state index in [4.69, 9.17) is 21.1 Å². The highest BCUT2D eigenvalue weighted by molar-refractivity contribution is 7.99. The molecule has 0 N–H and O–H groups in total. The number of rotatable bonds is 2. The second-order valence-corrected chi connectivity index (χ2v) is 5.33. The fraction of sp³-hybridized carbons (Fsp3) is 0.231. The van der Waals surface area contributed by atoms with E-state index in [-0.39, 0.29) is 0 Å². The normalized spacial score (nSPS) is 13.9. The Kier molecular flexibility index (Phi) is 3.75. The van der Waals surface area contributed by atoms with Crippen LogP contribution < -0.4 is 9.47 Å². The summed E-state index contributed by atoms with van der Waals surface area (Å²) < 4.78 is 11.2.